The Morgan fingerprint density at radius 2 is 1.88 bits per heavy atom. The molecule has 2 aliphatic rings. The van der Waals surface area contributed by atoms with Crippen molar-refractivity contribution in [3.63, 3.8) is 0 Å². The summed E-state index contributed by atoms with van der Waals surface area (Å²) in [4.78, 5) is 18.3. The molecule has 2 aliphatic heterocycles. The van der Waals surface area contributed by atoms with Crippen molar-refractivity contribution in [2.75, 3.05) is 18.0 Å². The molecule has 40 heavy (non-hydrogen) atoms. The number of hydrogen-bond donors (Lipinski definition) is 6. The van der Waals surface area contributed by atoms with Crippen molar-refractivity contribution in [3.8, 4) is 0 Å². The van der Waals surface area contributed by atoms with Gasteiger partial charge in [0, 0.05) is 36.6 Å². The summed E-state index contributed by atoms with van der Waals surface area (Å²) in [5.41, 5.74) is 19.6. The number of halogens is 3. The normalized spacial score (nSPS) is 17.4. The van der Waals surface area contributed by atoms with Gasteiger partial charge in [-0.2, -0.15) is 13.2 Å². The summed E-state index contributed by atoms with van der Waals surface area (Å²) < 4.78 is 40.9. The van der Waals surface area contributed by atoms with Crippen LogP contribution in [0.5, 0.6) is 0 Å². The second-order valence-corrected chi connectivity index (χ2v) is 10.0. The van der Waals surface area contributed by atoms with Gasteiger partial charge in [0.05, 0.1) is 11.3 Å². The van der Waals surface area contributed by atoms with Crippen LogP contribution in [-0.4, -0.2) is 37.3 Å². The van der Waals surface area contributed by atoms with Gasteiger partial charge in [0.1, 0.15) is 6.17 Å². The molecule has 2 heterocycles. The number of nitrogens with two attached hydrogens (primary N) is 3. The van der Waals surface area contributed by atoms with Crippen LogP contribution in [0.4, 0.5) is 23.7 Å². The van der Waals surface area contributed by atoms with Crippen LogP contribution in [0.25, 0.3) is 5.70 Å². The smallest absolute Gasteiger partial charge is 0.370 e. The van der Waals surface area contributed by atoms with E-state index in [1.54, 1.807) is 18.3 Å². The van der Waals surface area contributed by atoms with Gasteiger partial charge >= 0.3 is 12.2 Å². The number of aryl methyl sites for hydroxylation is 1. The van der Waals surface area contributed by atoms with Crippen molar-refractivity contribution in [3.05, 3.63) is 82.6 Å². The van der Waals surface area contributed by atoms with Gasteiger partial charge in [0.15, 0.2) is 5.96 Å². The van der Waals surface area contributed by atoms with Gasteiger partial charge in [-0.15, -0.1) is 0 Å². The van der Waals surface area contributed by atoms with Crippen LogP contribution < -0.4 is 38.1 Å². The maximum absolute atomic E-state index is 13.6. The molecule has 0 aromatic heterocycles. The van der Waals surface area contributed by atoms with Crippen LogP contribution in [0, 0.1) is 0 Å². The molecule has 2 amide bonds. The number of guanidine groups is 1. The van der Waals surface area contributed by atoms with Gasteiger partial charge in [-0.25, -0.2) is 4.79 Å². The topological polar surface area (TPSA) is 147 Å². The third-order valence-corrected chi connectivity index (χ3v) is 6.58. The highest BCUT2D eigenvalue weighted by Gasteiger charge is 2.34. The molecule has 0 aliphatic carbocycles. The summed E-state index contributed by atoms with van der Waals surface area (Å²) in [5, 5.41) is 9.34. The first kappa shape index (κ1) is 29.0. The number of hydrogen-bond acceptors (Lipinski definition) is 5. The van der Waals surface area contributed by atoms with Gasteiger partial charge in [0.2, 0.25) is 0 Å². The Bertz CT molecular complexity index is 1300. The average molecular weight is 557 g/mol. The summed E-state index contributed by atoms with van der Waals surface area (Å²) in [5.74, 6) is 0.0801. The lowest BCUT2D eigenvalue weighted by atomic mass is 9.99. The number of anilines is 1. The summed E-state index contributed by atoms with van der Waals surface area (Å²) in [7, 11) is 0. The van der Waals surface area contributed by atoms with Crippen molar-refractivity contribution >= 4 is 23.4 Å². The molecule has 2 unspecified atom stereocenters. The molecule has 2 aromatic carbocycles. The lowest BCUT2D eigenvalue weighted by Crippen LogP contribution is -2.51. The number of urea groups is 1. The SMILES string of the molecule is CC(N)CCc1cc(C2=CC3=CN(c4ccc(CNCCCN=C(N)N)cc4)C(=O)NC3N2)cc(C(F)(F)F)c1. The quantitative estimate of drug-likeness (QED) is 0.142. The summed E-state index contributed by atoms with van der Waals surface area (Å²) in [6, 6.07) is 11.1. The zero-order valence-electron chi connectivity index (χ0n) is 22.3. The number of carbonyl (C=O) groups is 1. The highest BCUT2D eigenvalue weighted by atomic mass is 19.4. The number of carbonyl (C=O) groups excluding carboxylic acids is 1. The molecule has 2 aromatic rings. The highest BCUT2D eigenvalue weighted by molar-refractivity contribution is 5.96. The maximum atomic E-state index is 13.6. The van der Waals surface area contributed by atoms with Crippen molar-refractivity contribution in [1.29, 1.82) is 0 Å². The van der Waals surface area contributed by atoms with Gasteiger partial charge in [-0.3, -0.25) is 9.89 Å². The number of nitrogens with zero attached hydrogens (tertiary/aromatic N) is 2. The first-order valence-electron chi connectivity index (χ1n) is 13.1. The Balaban J connectivity index is 1.47. The van der Waals surface area contributed by atoms with Crippen LogP contribution in [0.1, 0.15) is 42.0 Å². The van der Waals surface area contributed by atoms with Crippen LogP contribution in [0.15, 0.2) is 65.3 Å². The standard InChI is InChI=1S/C28H35F3N8O/c1-17(32)3-4-19-11-20(13-22(12-19)28(29,30)31)24-14-21-16-39(27(40)38-25(21)37-24)23-7-5-18(6-8-23)15-35-9-2-10-36-26(33)34/h5-8,11-14,16-17,25,35,37H,2-4,9-10,15,32H2,1H3,(H,38,40)(H4,33,34,36). The molecule has 4 rings (SSSR count). The number of nitrogens with one attached hydrogen (secondary N) is 3. The summed E-state index contributed by atoms with van der Waals surface area (Å²) >= 11 is 0. The Labute approximate surface area is 231 Å². The molecule has 12 heteroatoms. The van der Waals surface area contributed by atoms with E-state index in [4.69, 9.17) is 17.2 Å². The number of fused-ring (bicyclic) bond motifs is 1. The molecule has 0 bridgehead atoms. The maximum Gasteiger partial charge on any atom is 0.416 e. The largest absolute Gasteiger partial charge is 0.416 e. The van der Waals surface area contributed by atoms with Crippen molar-refractivity contribution in [1.82, 2.24) is 16.0 Å². The van der Waals surface area contributed by atoms with E-state index in [2.05, 4.69) is 20.9 Å². The van der Waals surface area contributed by atoms with E-state index in [-0.39, 0.29) is 18.0 Å². The van der Waals surface area contributed by atoms with E-state index in [0.717, 1.165) is 30.2 Å². The third-order valence-electron chi connectivity index (χ3n) is 6.58. The minimum Gasteiger partial charge on any atom is -0.370 e. The summed E-state index contributed by atoms with van der Waals surface area (Å²) in [6.07, 6.45) is 0.250. The van der Waals surface area contributed by atoms with Gasteiger partial charge in [-0.1, -0.05) is 12.1 Å². The van der Waals surface area contributed by atoms with Gasteiger partial charge in [-0.05, 0) is 85.8 Å². The third kappa shape index (κ3) is 7.54. The monoisotopic (exact) mass is 556 g/mol. The van der Waals surface area contributed by atoms with Crippen molar-refractivity contribution < 1.29 is 18.0 Å². The van der Waals surface area contributed by atoms with Crippen LogP contribution in [0.2, 0.25) is 0 Å². The van der Waals surface area contributed by atoms with Crippen molar-refractivity contribution in [2.24, 2.45) is 22.2 Å². The molecule has 0 fully saturated rings. The van der Waals surface area contributed by atoms with Crippen LogP contribution in [0.3, 0.4) is 0 Å². The van der Waals surface area contributed by atoms with Gasteiger partial charge in [0.25, 0.3) is 0 Å². The molecular weight excluding hydrogens is 521 g/mol. The average Bonchev–Trinajstić information content (AvgIpc) is 3.31. The van der Waals surface area contributed by atoms with Gasteiger partial charge < -0.3 is 33.2 Å². The Morgan fingerprint density at radius 1 is 1.12 bits per heavy atom. The number of amides is 2. The second-order valence-electron chi connectivity index (χ2n) is 10.0. The lowest BCUT2D eigenvalue weighted by Gasteiger charge is -2.29. The molecule has 214 valence electrons. The minimum atomic E-state index is -4.48. The predicted octanol–water partition coefficient (Wildman–Crippen LogP) is 3.12. The van der Waals surface area contributed by atoms with Crippen LogP contribution in [-0.2, 0) is 19.1 Å². The summed E-state index contributed by atoms with van der Waals surface area (Å²) in [6.45, 7) is 3.78. The predicted molar refractivity (Wildman–Crippen MR) is 151 cm³/mol. The second kappa shape index (κ2) is 12.4. The van der Waals surface area contributed by atoms with E-state index in [9.17, 15) is 18.0 Å². The zero-order valence-corrected chi connectivity index (χ0v) is 22.3. The Kier molecular flexibility index (Phi) is 9.00. The molecule has 2 atom stereocenters. The fraction of sp³-hybridized carbons (Fsp3) is 0.357. The lowest BCUT2D eigenvalue weighted by molar-refractivity contribution is -0.137. The molecule has 0 spiro atoms. The Morgan fingerprint density at radius 3 is 2.55 bits per heavy atom. The zero-order chi connectivity index (χ0) is 28.9. The van der Waals surface area contributed by atoms with E-state index in [1.165, 1.54) is 11.0 Å². The molecule has 0 radical (unpaired) electrons. The fourth-order valence-electron chi connectivity index (χ4n) is 4.49. The number of aliphatic imine (C=N–C) groups is 1. The van der Waals surface area contributed by atoms with E-state index in [1.807, 2.05) is 31.2 Å². The number of alkyl halides is 3. The first-order chi connectivity index (χ1) is 19.0. The molecule has 0 saturated carbocycles. The first-order valence-corrected chi connectivity index (χ1v) is 13.1. The van der Waals surface area contributed by atoms with E-state index in [0.29, 0.717) is 48.4 Å². The highest BCUT2D eigenvalue weighted by Crippen LogP contribution is 2.34. The number of rotatable bonds is 11. The van der Waals surface area contributed by atoms with E-state index < -0.39 is 17.9 Å². The molecule has 9 N–H and O–H groups in total. The molecule has 0 saturated heterocycles. The number of benzene rings is 2. The molecule has 9 nitrogen and oxygen atoms in total. The molecular formula is C28H35F3N8O. The fourth-order valence-corrected chi connectivity index (χ4v) is 4.49. The van der Waals surface area contributed by atoms with Crippen molar-refractivity contribution in [2.45, 2.75) is 51.1 Å². The minimum absolute atomic E-state index is 0.0801. The Hall–Kier alpha value is -4.03. The van der Waals surface area contributed by atoms with Crippen LogP contribution >= 0.6 is 0 Å². The van der Waals surface area contributed by atoms with E-state index >= 15 is 0 Å².